The number of ether oxygens (including phenoxy) is 1. The van der Waals surface area contributed by atoms with Crippen molar-refractivity contribution in [1.82, 2.24) is 0 Å². The molecule has 12 heavy (non-hydrogen) atoms. The van der Waals surface area contributed by atoms with Gasteiger partial charge < -0.3 is 9.84 Å². The molecule has 1 aliphatic rings. The van der Waals surface area contributed by atoms with E-state index in [0.717, 1.165) is 17.9 Å². The molecular weight excluding hydrogens is 176 g/mol. The summed E-state index contributed by atoms with van der Waals surface area (Å²) in [6, 6.07) is 0. The molecule has 0 spiro atoms. The van der Waals surface area contributed by atoms with Crippen LogP contribution in [0.3, 0.4) is 0 Å². The minimum Gasteiger partial charge on any atom is -0.479 e. The first kappa shape index (κ1) is 9.86. The van der Waals surface area contributed by atoms with Gasteiger partial charge in [0, 0.05) is 12.5 Å². The molecular formula is C8H14O3S. The number of aliphatic carboxylic acids is 1. The van der Waals surface area contributed by atoms with E-state index in [9.17, 15) is 4.79 Å². The number of thioether (sulfide) groups is 1. The highest BCUT2D eigenvalue weighted by atomic mass is 32.2. The summed E-state index contributed by atoms with van der Waals surface area (Å²) in [4.78, 5) is 10.7. The zero-order valence-electron chi connectivity index (χ0n) is 7.16. The number of carboxylic acids is 1. The first-order valence-electron chi connectivity index (χ1n) is 4.18. The smallest absolute Gasteiger partial charge is 0.333 e. The van der Waals surface area contributed by atoms with Gasteiger partial charge in [-0.15, -0.1) is 0 Å². The lowest BCUT2D eigenvalue weighted by Crippen LogP contribution is -2.32. The second kappa shape index (κ2) is 4.72. The highest BCUT2D eigenvalue weighted by Gasteiger charge is 2.31. The number of carbonyl (C=O) groups is 1. The Morgan fingerprint density at radius 1 is 1.83 bits per heavy atom. The van der Waals surface area contributed by atoms with E-state index in [2.05, 4.69) is 0 Å². The van der Waals surface area contributed by atoms with Gasteiger partial charge in [-0.25, -0.2) is 4.79 Å². The Bertz CT molecular complexity index is 154. The van der Waals surface area contributed by atoms with Gasteiger partial charge in [0.05, 0.1) is 0 Å². The lowest BCUT2D eigenvalue weighted by atomic mass is 10.0. The molecule has 0 radical (unpaired) electrons. The Balaban J connectivity index is 2.45. The van der Waals surface area contributed by atoms with Gasteiger partial charge in [0.1, 0.15) is 0 Å². The maximum absolute atomic E-state index is 10.7. The molecule has 0 aromatic heterocycles. The monoisotopic (exact) mass is 190 g/mol. The van der Waals surface area contributed by atoms with Gasteiger partial charge in [-0.3, -0.25) is 0 Å². The Labute approximate surface area is 76.5 Å². The molecule has 70 valence electrons. The van der Waals surface area contributed by atoms with Gasteiger partial charge >= 0.3 is 5.97 Å². The fourth-order valence-corrected chi connectivity index (χ4v) is 2.66. The van der Waals surface area contributed by atoms with Crippen molar-refractivity contribution in [2.75, 3.05) is 18.1 Å². The largest absolute Gasteiger partial charge is 0.479 e. The quantitative estimate of drug-likeness (QED) is 0.724. The molecule has 0 aliphatic carbocycles. The van der Waals surface area contributed by atoms with Gasteiger partial charge in [-0.05, 0) is 24.9 Å². The molecule has 1 saturated heterocycles. The van der Waals surface area contributed by atoms with Crippen molar-refractivity contribution in [3.05, 3.63) is 0 Å². The molecule has 1 fully saturated rings. The summed E-state index contributed by atoms with van der Waals surface area (Å²) < 4.78 is 5.17. The SMILES string of the molecule is CCOC(C(=O)O)C1CCSC1. The van der Waals surface area contributed by atoms with Crippen molar-refractivity contribution >= 4 is 17.7 Å². The van der Waals surface area contributed by atoms with Crippen LogP contribution in [0.5, 0.6) is 0 Å². The maximum Gasteiger partial charge on any atom is 0.333 e. The Hall–Kier alpha value is -0.220. The third-order valence-corrected chi connectivity index (χ3v) is 3.17. The first-order chi connectivity index (χ1) is 5.75. The topological polar surface area (TPSA) is 46.5 Å². The minimum absolute atomic E-state index is 0.215. The molecule has 0 bridgehead atoms. The summed E-state index contributed by atoms with van der Waals surface area (Å²) >= 11 is 1.81. The van der Waals surface area contributed by atoms with Crippen LogP contribution in [0.1, 0.15) is 13.3 Å². The fraction of sp³-hybridized carbons (Fsp3) is 0.875. The van der Waals surface area contributed by atoms with Crippen LogP contribution in [0.4, 0.5) is 0 Å². The molecule has 0 aromatic carbocycles. The molecule has 2 unspecified atom stereocenters. The number of hydrogen-bond acceptors (Lipinski definition) is 3. The van der Waals surface area contributed by atoms with Crippen LogP contribution in [0.15, 0.2) is 0 Å². The highest BCUT2D eigenvalue weighted by molar-refractivity contribution is 7.99. The number of rotatable bonds is 4. The van der Waals surface area contributed by atoms with Crippen LogP contribution in [0, 0.1) is 5.92 Å². The van der Waals surface area contributed by atoms with E-state index in [0.29, 0.717) is 6.61 Å². The van der Waals surface area contributed by atoms with E-state index in [-0.39, 0.29) is 5.92 Å². The van der Waals surface area contributed by atoms with Crippen molar-refractivity contribution in [3.63, 3.8) is 0 Å². The summed E-state index contributed by atoms with van der Waals surface area (Å²) in [5.41, 5.74) is 0. The number of carboxylic acid groups (broad SMARTS) is 1. The van der Waals surface area contributed by atoms with Gasteiger partial charge in [0.25, 0.3) is 0 Å². The zero-order valence-corrected chi connectivity index (χ0v) is 7.97. The van der Waals surface area contributed by atoms with Crippen LogP contribution in [0.2, 0.25) is 0 Å². The molecule has 1 rings (SSSR count). The van der Waals surface area contributed by atoms with Crippen LogP contribution in [0.25, 0.3) is 0 Å². The van der Waals surface area contributed by atoms with Crippen molar-refractivity contribution in [2.45, 2.75) is 19.4 Å². The second-order valence-corrected chi connectivity index (χ2v) is 3.99. The van der Waals surface area contributed by atoms with Gasteiger partial charge in [-0.1, -0.05) is 0 Å². The van der Waals surface area contributed by atoms with Crippen LogP contribution >= 0.6 is 11.8 Å². The molecule has 4 heteroatoms. The summed E-state index contributed by atoms with van der Waals surface area (Å²) in [7, 11) is 0. The highest BCUT2D eigenvalue weighted by Crippen LogP contribution is 2.27. The summed E-state index contributed by atoms with van der Waals surface area (Å²) in [6.07, 6.45) is 0.395. The Kier molecular flexibility index (Phi) is 3.88. The Morgan fingerprint density at radius 2 is 2.58 bits per heavy atom. The van der Waals surface area contributed by atoms with Crippen LogP contribution < -0.4 is 0 Å². The summed E-state index contributed by atoms with van der Waals surface area (Å²) in [6.45, 7) is 2.32. The van der Waals surface area contributed by atoms with E-state index in [1.54, 1.807) is 0 Å². The van der Waals surface area contributed by atoms with E-state index in [1.165, 1.54) is 0 Å². The first-order valence-corrected chi connectivity index (χ1v) is 5.33. The van der Waals surface area contributed by atoms with Gasteiger partial charge in [0.2, 0.25) is 0 Å². The predicted octanol–water partition coefficient (Wildman–Crippen LogP) is 1.23. The zero-order chi connectivity index (χ0) is 8.97. The standard InChI is InChI=1S/C8H14O3S/c1-2-11-7(8(9)10)6-3-4-12-5-6/h6-7H,2-5H2,1H3,(H,9,10). The minimum atomic E-state index is -0.815. The van der Waals surface area contributed by atoms with E-state index < -0.39 is 12.1 Å². The van der Waals surface area contributed by atoms with Gasteiger partial charge in [0.15, 0.2) is 6.10 Å². The molecule has 2 atom stereocenters. The average molecular weight is 190 g/mol. The predicted molar refractivity (Wildman–Crippen MR) is 48.5 cm³/mol. The van der Waals surface area contributed by atoms with Crippen molar-refractivity contribution in [1.29, 1.82) is 0 Å². The molecule has 1 aliphatic heterocycles. The van der Waals surface area contributed by atoms with Crippen molar-refractivity contribution in [2.24, 2.45) is 5.92 Å². The molecule has 1 heterocycles. The summed E-state index contributed by atoms with van der Waals surface area (Å²) in [5.74, 6) is 1.40. The molecule has 3 nitrogen and oxygen atoms in total. The third kappa shape index (κ3) is 2.38. The van der Waals surface area contributed by atoms with Crippen LogP contribution in [-0.2, 0) is 9.53 Å². The molecule has 0 aromatic rings. The van der Waals surface area contributed by atoms with E-state index in [4.69, 9.17) is 9.84 Å². The number of hydrogen-bond donors (Lipinski definition) is 1. The van der Waals surface area contributed by atoms with Gasteiger partial charge in [-0.2, -0.15) is 11.8 Å². The second-order valence-electron chi connectivity index (χ2n) is 2.84. The van der Waals surface area contributed by atoms with Crippen molar-refractivity contribution in [3.8, 4) is 0 Å². The van der Waals surface area contributed by atoms with Crippen molar-refractivity contribution < 1.29 is 14.6 Å². The van der Waals surface area contributed by atoms with E-state index >= 15 is 0 Å². The lowest BCUT2D eigenvalue weighted by Gasteiger charge is -2.17. The Morgan fingerprint density at radius 3 is 3.00 bits per heavy atom. The summed E-state index contributed by atoms with van der Waals surface area (Å²) in [5, 5.41) is 8.83. The normalized spacial score (nSPS) is 25.6. The average Bonchev–Trinajstić information content (AvgIpc) is 2.51. The molecule has 1 N–H and O–H groups in total. The maximum atomic E-state index is 10.7. The molecule has 0 amide bonds. The third-order valence-electron chi connectivity index (χ3n) is 1.98. The fourth-order valence-electron chi connectivity index (χ4n) is 1.38. The van der Waals surface area contributed by atoms with Crippen LogP contribution in [-0.4, -0.2) is 35.3 Å². The molecule has 0 saturated carbocycles. The van der Waals surface area contributed by atoms with E-state index in [1.807, 2.05) is 18.7 Å². The lowest BCUT2D eigenvalue weighted by molar-refractivity contribution is -0.153.